The van der Waals surface area contributed by atoms with Crippen molar-refractivity contribution < 1.29 is 31.8 Å². The highest BCUT2D eigenvalue weighted by Gasteiger charge is 2.33. The summed E-state index contributed by atoms with van der Waals surface area (Å²) in [5.74, 6) is 0.892. The van der Waals surface area contributed by atoms with Crippen molar-refractivity contribution in [1.82, 2.24) is 9.88 Å². The van der Waals surface area contributed by atoms with Gasteiger partial charge in [-0.2, -0.15) is 13.2 Å². The molecule has 1 aromatic heterocycles. The molecule has 6 nitrogen and oxygen atoms in total. The number of aromatic nitrogens is 1. The molecule has 0 radical (unpaired) electrons. The summed E-state index contributed by atoms with van der Waals surface area (Å²) >= 11 is 0. The molecule has 178 valence electrons. The summed E-state index contributed by atoms with van der Waals surface area (Å²) in [6.45, 7) is 4.17. The molecule has 0 spiro atoms. The normalized spacial score (nSPS) is 18.8. The molecular formula is C23H25F4N3O3. The van der Waals surface area contributed by atoms with Crippen molar-refractivity contribution >= 4 is 16.6 Å². The summed E-state index contributed by atoms with van der Waals surface area (Å²) in [5, 5.41) is 0.341. The molecule has 2 aliphatic heterocycles. The molecule has 1 unspecified atom stereocenters. The van der Waals surface area contributed by atoms with E-state index in [1.54, 1.807) is 0 Å². The summed E-state index contributed by atoms with van der Waals surface area (Å²) in [7, 11) is 1.42. The van der Waals surface area contributed by atoms with Gasteiger partial charge in [-0.1, -0.05) is 6.07 Å². The van der Waals surface area contributed by atoms with Gasteiger partial charge in [0, 0.05) is 48.4 Å². The fraction of sp³-hybridized carbons (Fsp3) is 0.391. The fourth-order valence-electron chi connectivity index (χ4n) is 4.02. The van der Waals surface area contributed by atoms with E-state index in [0.717, 1.165) is 44.4 Å². The Labute approximate surface area is 188 Å². The number of nitrogen functional groups attached to an aromatic ring is 1. The lowest BCUT2D eigenvalue weighted by molar-refractivity contribution is -0.140. The van der Waals surface area contributed by atoms with Crippen LogP contribution in [0.2, 0.25) is 0 Å². The highest BCUT2D eigenvalue weighted by Crippen LogP contribution is 2.34. The van der Waals surface area contributed by atoms with Crippen LogP contribution in [0.5, 0.6) is 11.5 Å². The Balaban J connectivity index is 0.000000157. The molecule has 2 aliphatic rings. The largest absolute Gasteiger partial charge is 0.497 e. The predicted octanol–water partition coefficient (Wildman–Crippen LogP) is 4.24. The van der Waals surface area contributed by atoms with E-state index in [1.807, 2.05) is 6.07 Å². The number of hydrogen-bond acceptors (Lipinski definition) is 5. The zero-order valence-electron chi connectivity index (χ0n) is 18.0. The van der Waals surface area contributed by atoms with Crippen molar-refractivity contribution in [2.75, 3.05) is 45.8 Å². The summed E-state index contributed by atoms with van der Waals surface area (Å²) in [6.07, 6.45) is -3.46. The van der Waals surface area contributed by atoms with E-state index in [0.29, 0.717) is 35.1 Å². The third kappa shape index (κ3) is 5.33. The number of alkyl halides is 3. The Hall–Kier alpha value is -2.98. The molecule has 0 bridgehead atoms. The maximum absolute atomic E-state index is 13.0. The number of nitrogens with zero attached hydrogens (tertiary/aromatic N) is 1. The van der Waals surface area contributed by atoms with E-state index in [9.17, 15) is 17.6 Å². The minimum atomic E-state index is -4.40. The van der Waals surface area contributed by atoms with Crippen LogP contribution in [0, 0.1) is 5.82 Å². The maximum Gasteiger partial charge on any atom is 0.431 e. The zero-order valence-corrected chi connectivity index (χ0v) is 18.0. The summed E-state index contributed by atoms with van der Waals surface area (Å²) in [6, 6.07) is 9.16. The van der Waals surface area contributed by atoms with E-state index in [2.05, 4.69) is 9.88 Å². The van der Waals surface area contributed by atoms with Crippen LogP contribution in [0.3, 0.4) is 0 Å². The van der Waals surface area contributed by atoms with Gasteiger partial charge in [0.2, 0.25) is 0 Å². The molecular weight excluding hydrogens is 442 g/mol. The van der Waals surface area contributed by atoms with Crippen LogP contribution >= 0.6 is 0 Å². The molecule has 0 saturated carbocycles. The first-order valence-corrected chi connectivity index (χ1v) is 10.5. The molecule has 10 heteroatoms. The fourth-order valence-corrected chi connectivity index (χ4v) is 4.02. The topological polar surface area (TPSA) is 72.7 Å². The highest BCUT2D eigenvalue weighted by atomic mass is 19.4. The third-order valence-corrected chi connectivity index (χ3v) is 5.76. The molecule has 0 amide bonds. The second-order valence-electron chi connectivity index (χ2n) is 7.93. The van der Waals surface area contributed by atoms with Gasteiger partial charge in [-0.3, -0.25) is 4.90 Å². The number of anilines is 1. The number of methoxy groups -OCH3 is 1. The first kappa shape index (κ1) is 23.2. The average Bonchev–Trinajstić information content (AvgIpc) is 3.25. The van der Waals surface area contributed by atoms with Crippen molar-refractivity contribution in [3.8, 4) is 11.5 Å². The second kappa shape index (κ2) is 9.48. The molecule has 1 saturated heterocycles. The second-order valence-corrected chi connectivity index (χ2v) is 7.93. The maximum atomic E-state index is 13.0. The summed E-state index contributed by atoms with van der Waals surface area (Å²) < 4.78 is 66.3. The number of benzene rings is 2. The van der Waals surface area contributed by atoms with Crippen molar-refractivity contribution in [3.63, 3.8) is 0 Å². The average molecular weight is 467 g/mol. The first-order chi connectivity index (χ1) is 15.7. The Morgan fingerprint density at radius 1 is 1.12 bits per heavy atom. The lowest BCUT2D eigenvalue weighted by Crippen LogP contribution is -2.48. The third-order valence-electron chi connectivity index (χ3n) is 5.76. The highest BCUT2D eigenvalue weighted by molar-refractivity contribution is 5.93. The molecule has 1 fully saturated rings. The number of nitrogens with two attached hydrogens (primary N) is 1. The number of morpholine rings is 1. The van der Waals surface area contributed by atoms with Gasteiger partial charge in [-0.15, -0.1) is 0 Å². The molecule has 3 aromatic rings. The van der Waals surface area contributed by atoms with Gasteiger partial charge < -0.3 is 24.9 Å². The van der Waals surface area contributed by atoms with E-state index in [1.165, 1.54) is 31.4 Å². The van der Waals surface area contributed by atoms with Crippen LogP contribution < -0.4 is 15.2 Å². The van der Waals surface area contributed by atoms with E-state index < -0.39 is 11.9 Å². The van der Waals surface area contributed by atoms with Crippen LogP contribution in [0.1, 0.15) is 11.3 Å². The lowest BCUT2D eigenvalue weighted by atomic mass is 10.0. The van der Waals surface area contributed by atoms with Crippen molar-refractivity contribution in [3.05, 3.63) is 53.5 Å². The summed E-state index contributed by atoms with van der Waals surface area (Å²) in [4.78, 5) is 4.66. The number of ether oxygens (including phenoxy) is 3. The smallest absolute Gasteiger partial charge is 0.431 e. The number of fused-ring (bicyclic) bond motifs is 2. The van der Waals surface area contributed by atoms with Crippen molar-refractivity contribution in [2.45, 2.75) is 18.6 Å². The number of nitrogens with one attached hydrogen (secondary N) is 1. The van der Waals surface area contributed by atoms with Crippen LogP contribution in [0.15, 0.2) is 36.4 Å². The number of aromatic amines is 1. The van der Waals surface area contributed by atoms with E-state index in [-0.39, 0.29) is 11.5 Å². The minimum absolute atomic E-state index is 0.228. The van der Waals surface area contributed by atoms with Gasteiger partial charge in [-0.05, 0) is 24.1 Å². The van der Waals surface area contributed by atoms with Gasteiger partial charge in [0.05, 0.1) is 25.8 Å². The number of halogens is 4. The number of rotatable bonds is 2. The van der Waals surface area contributed by atoms with Gasteiger partial charge in [-0.25, -0.2) is 4.39 Å². The number of hydrogen-bond donors (Lipinski definition) is 2. The zero-order chi connectivity index (χ0) is 23.6. The van der Waals surface area contributed by atoms with Gasteiger partial charge >= 0.3 is 6.18 Å². The van der Waals surface area contributed by atoms with Crippen LogP contribution in [-0.2, 0) is 17.3 Å². The lowest BCUT2D eigenvalue weighted by Gasteiger charge is -2.37. The standard InChI is InChI=1S/C13H16FNO2.C10H9F3N2O/c14-11-2-1-10-7-12(9-17-13(10)8-11)15-3-5-16-6-4-15;1-16-5-2-7(14)6-4-9(10(11,12)13)15-8(6)3-5/h1-2,8,12H,3-7,9H2;2-4,15H,14H2,1H3. The SMILES string of the molecule is COc1cc(N)c2cc(C(F)(F)F)[nH]c2c1.Fc1ccc2c(c1)OCC(N1CCOCC1)C2. The monoisotopic (exact) mass is 467 g/mol. The van der Waals surface area contributed by atoms with Crippen molar-refractivity contribution in [2.24, 2.45) is 0 Å². The minimum Gasteiger partial charge on any atom is -0.497 e. The quantitative estimate of drug-likeness (QED) is 0.436. The molecule has 0 aliphatic carbocycles. The van der Waals surface area contributed by atoms with Gasteiger partial charge in [0.1, 0.15) is 29.6 Å². The molecule has 3 N–H and O–H groups in total. The molecule has 5 rings (SSSR count). The molecule has 2 aromatic carbocycles. The molecule has 1 atom stereocenters. The Bertz CT molecular complexity index is 1110. The van der Waals surface area contributed by atoms with Crippen LogP contribution in [0.4, 0.5) is 23.2 Å². The van der Waals surface area contributed by atoms with Crippen LogP contribution in [0.25, 0.3) is 10.9 Å². The van der Waals surface area contributed by atoms with Crippen LogP contribution in [-0.4, -0.2) is 55.9 Å². The van der Waals surface area contributed by atoms with Gasteiger partial charge in [0.15, 0.2) is 0 Å². The molecule has 3 heterocycles. The Kier molecular flexibility index (Phi) is 6.66. The summed E-state index contributed by atoms with van der Waals surface area (Å²) in [5.41, 5.74) is 6.47. The number of H-pyrrole nitrogens is 1. The Morgan fingerprint density at radius 2 is 1.88 bits per heavy atom. The van der Waals surface area contributed by atoms with E-state index >= 15 is 0 Å². The van der Waals surface area contributed by atoms with Gasteiger partial charge in [0.25, 0.3) is 0 Å². The van der Waals surface area contributed by atoms with E-state index in [4.69, 9.17) is 19.9 Å². The van der Waals surface area contributed by atoms with Crippen molar-refractivity contribution in [1.29, 1.82) is 0 Å². The first-order valence-electron chi connectivity index (χ1n) is 10.5. The molecule has 33 heavy (non-hydrogen) atoms. The Morgan fingerprint density at radius 3 is 2.58 bits per heavy atom. The predicted molar refractivity (Wildman–Crippen MR) is 116 cm³/mol.